The van der Waals surface area contributed by atoms with Crippen LogP contribution in [-0.2, 0) is 4.74 Å². The molecule has 0 radical (unpaired) electrons. The molecule has 2 rings (SSSR count). The van der Waals surface area contributed by atoms with Crippen molar-refractivity contribution in [2.24, 2.45) is 11.8 Å². The molecule has 0 spiro atoms. The topological polar surface area (TPSA) is 88.4 Å². The number of halogens is 3. The lowest BCUT2D eigenvalue weighted by Gasteiger charge is -2.32. The predicted molar refractivity (Wildman–Crippen MR) is 168 cm³/mol. The van der Waals surface area contributed by atoms with Crippen LogP contribution in [0.4, 0.5) is 13.2 Å². The minimum Gasteiger partial charge on any atom is -0.481 e. The Hall–Kier alpha value is -2.60. The van der Waals surface area contributed by atoms with E-state index in [-0.39, 0.29) is 23.3 Å². The Balaban J connectivity index is 2.15. The van der Waals surface area contributed by atoms with Gasteiger partial charge in [-0.1, -0.05) is 70.9 Å². The van der Waals surface area contributed by atoms with E-state index in [4.69, 9.17) is 14.2 Å². The number of aromatic nitrogens is 4. The molecule has 0 aromatic carbocycles. The number of ether oxygens (including phenoxy) is 3. The molecular weight excluding hydrogens is 593 g/mol. The first kappa shape index (κ1) is 37.6. The van der Waals surface area contributed by atoms with Gasteiger partial charge in [0.05, 0.1) is 26.2 Å². The average molecular weight is 643 g/mol. The summed E-state index contributed by atoms with van der Waals surface area (Å²) in [5.74, 6) is -2.74. The molecule has 2 aromatic heterocycles. The van der Waals surface area contributed by atoms with Crippen molar-refractivity contribution in [3.05, 3.63) is 42.8 Å². The van der Waals surface area contributed by atoms with Gasteiger partial charge in [0.2, 0.25) is 11.8 Å². The van der Waals surface area contributed by atoms with Gasteiger partial charge in [-0.2, -0.15) is 35.8 Å². The van der Waals surface area contributed by atoms with Crippen molar-refractivity contribution >= 4 is 18.5 Å². The highest BCUT2D eigenvalue weighted by atomic mass is 32.1. The van der Waals surface area contributed by atoms with Gasteiger partial charge in [0.1, 0.15) is 18.5 Å². The summed E-state index contributed by atoms with van der Waals surface area (Å²) in [6, 6.07) is 1.46. The van der Waals surface area contributed by atoms with Crippen molar-refractivity contribution in [2.45, 2.75) is 109 Å². The maximum atomic E-state index is 14.0. The molecule has 0 amide bonds. The number of methoxy groups -OCH3 is 2. The largest absolute Gasteiger partial charge is 0.481 e. The number of imidazole rings is 1. The maximum Gasteiger partial charge on any atom is 0.394 e. The van der Waals surface area contributed by atoms with E-state index >= 15 is 0 Å². The molecule has 12 heteroatoms. The third-order valence-corrected chi connectivity index (χ3v) is 8.10. The summed E-state index contributed by atoms with van der Waals surface area (Å²) in [4.78, 5) is 25.9. The van der Waals surface area contributed by atoms with Crippen molar-refractivity contribution in [3.8, 4) is 11.8 Å². The Morgan fingerprint density at radius 2 is 1.57 bits per heavy atom. The van der Waals surface area contributed by atoms with Crippen LogP contribution in [-0.4, -0.2) is 57.7 Å². The first-order chi connectivity index (χ1) is 21.2. The van der Waals surface area contributed by atoms with Crippen molar-refractivity contribution in [3.63, 3.8) is 0 Å². The van der Waals surface area contributed by atoms with E-state index in [9.17, 15) is 18.0 Å². The van der Waals surface area contributed by atoms with E-state index in [0.717, 1.165) is 49.9 Å². The normalized spacial score (nSPS) is 14.8. The van der Waals surface area contributed by atoms with E-state index in [1.165, 1.54) is 71.2 Å². The van der Waals surface area contributed by atoms with Crippen LogP contribution >= 0.6 is 12.6 Å². The minimum atomic E-state index is -4.70. The Morgan fingerprint density at radius 3 is 2.09 bits per heavy atom. The molecule has 4 atom stereocenters. The zero-order valence-electron chi connectivity index (χ0n) is 26.5. The maximum absolute atomic E-state index is 14.0. The number of rotatable bonds is 22. The van der Waals surface area contributed by atoms with Crippen LogP contribution in [0.25, 0.3) is 0 Å². The molecule has 0 aliphatic heterocycles. The van der Waals surface area contributed by atoms with Gasteiger partial charge in [-0.3, -0.25) is 9.36 Å². The van der Waals surface area contributed by atoms with Crippen LogP contribution < -0.4 is 9.47 Å². The SMILES string of the molecule is CCCCCCCCC=CCCCCCC(CS)C(O[C@@H](C(=O)n1ccnc1)C(C)C(F)(F)F)c1nc(OC)cc(OC)n1. The van der Waals surface area contributed by atoms with Crippen molar-refractivity contribution in [1.29, 1.82) is 0 Å². The van der Waals surface area contributed by atoms with Gasteiger partial charge in [0, 0.05) is 18.3 Å². The van der Waals surface area contributed by atoms with Gasteiger partial charge < -0.3 is 14.2 Å². The number of thiol groups is 1. The summed E-state index contributed by atoms with van der Waals surface area (Å²) >= 11 is 4.53. The van der Waals surface area contributed by atoms with Gasteiger partial charge in [-0.25, -0.2) is 4.98 Å². The third-order valence-electron chi connectivity index (χ3n) is 7.63. The van der Waals surface area contributed by atoms with E-state index in [1.54, 1.807) is 0 Å². The van der Waals surface area contributed by atoms with Gasteiger partial charge >= 0.3 is 6.18 Å². The summed E-state index contributed by atoms with van der Waals surface area (Å²) in [6.45, 7) is 3.15. The fourth-order valence-electron chi connectivity index (χ4n) is 4.86. The number of unbranched alkanes of at least 4 members (excludes halogenated alkanes) is 9. The Labute approximate surface area is 265 Å². The van der Waals surface area contributed by atoms with Crippen molar-refractivity contribution in [1.82, 2.24) is 19.5 Å². The first-order valence-electron chi connectivity index (χ1n) is 15.6. The smallest absolute Gasteiger partial charge is 0.394 e. The number of carbonyl (C=O) groups is 1. The molecule has 0 saturated carbocycles. The van der Waals surface area contributed by atoms with Crippen LogP contribution in [0.5, 0.6) is 11.8 Å². The fraction of sp³-hybridized carbons (Fsp3) is 0.688. The number of carbonyl (C=O) groups excluding carboxylic acids is 1. The predicted octanol–water partition coefficient (Wildman–Crippen LogP) is 8.46. The van der Waals surface area contributed by atoms with Crippen molar-refractivity contribution < 1.29 is 32.2 Å². The second-order valence-electron chi connectivity index (χ2n) is 11.0. The summed E-state index contributed by atoms with van der Waals surface area (Å²) in [5.41, 5.74) is 0. The van der Waals surface area contributed by atoms with E-state index in [0.29, 0.717) is 6.42 Å². The monoisotopic (exact) mass is 642 g/mol. The summed E-state index contributed by atoms with van der Waals surface area (Å²) in [5, 5.41) is 0. The van der Waals surface area contributed by atoms with Gasteiger partial charge in [-0.15, -0.1) is 0 Å². The Morgan fingerprint density at radius 1 is 0.977 bits per heavy atom. The molecule has 3 unspecified atom stereocenters. The van der Waals surface area contributed by atoms with E-state index < -0.39 is 36.1 Å². The lowest BCUT2D eigenvalue weighted by atomic mass is 9.94. The quantitative estimate of drug-likeness (QED) is 0.0783. The highest BCUT2D eigenvalue weighted by Crippen LogP contribution is 2.37. The number of alkyl halides is 3. The molecule has 0 fully saturated rings. The molecule has 0 N–H and O–H groups in total. The molecule has 44 heavy (non-hydrogen) atoms. The molecule has 0 bridgehead atoms. The Bertz CT molecular complexity index is 1080. The van der Waals surface area contributed by atoms with Gasteiger partial charge in [0.25, 0.3) is 5.91 Å². The fourth-order valence-corrected chi connectivity index (χ4v) is 5.23. The average Bonchev–Trinajstić information content (AvgIpc) is 3.56. The van der Waals surface area contributed by atoms with Crippen LogP contribution in [0.1, 0.15) is 108 Å². The zero-order valence-corrected chi connectivity index (χ0v) is 27.4. The molecule has 2 heterocycles. The number of hydrogen-bond donors (Lipinski definition) is 1. The molecular formula is C32H49F3N4O4S. The van der Waals surface area contributed by atoms with Crippen LogP contribution in [0.3, 0.4) is 0 Å². The third kappa shape index (κ3) is 12.8. The van der Waals surface area contributed by atoms with E-state index in [1.807, 2.05) is 0 Å². The number of hydrogen-bond acceptors (Lipinski definition) is 8. The molecule has 2 aromatic rings. The van der Waals surface area contributed by atoms with Crippen molar-refractivity contribution in [2.75, 3.05) is 20.0 Å². The van der Waals surface area contributed by atoms with E-state index in [2.05, 4.69) is 46.7 Å². The molecule has 248 valence electrons. The standard InChI is InChI=1S/C32H49F3N4O4S/c1-5-6-7-8-9-10-11-12-13-14-15-16-17-18-25(22-44)29(30-37-26(41-3)21-27(38-30)42-4)43-28(24(2)32(33,34)35)31(40)39-20-19-36-23-39/h12-13,19-21,23-25,28-29,44H,5-11,14-18,22H2,1-4H3/t24?,25?,28-,29?/m1/s1. The minimum absolute atomic E-state index is 0.0654. The van der Waals surface area contributed by atoms with Crippen LogP contribution in [0.2, 0.25) is 0 Å². The highest BCUT2D eigenvalue weighted by Gasteiger charge is 2.47. The molecule has 0 aliphatic carbocycles. The summed E-state index contributed by atoms with van der Waals surface area (Å²) in [6.07, 6.45) is 13.7. The lowest BCUT2D eigenvalue weighted by molar-refractivity contribution is -0.204. The highest BCUT2D eigenvalue weighted by molar-refractivity contribution is 7.80. The van der Waals surface area contributed by atoms with Crippen LogP contribution in [0, 0.1) is 11.8 Å². The molecule has 8 nitrogen and oxygen atoms in total. The number of nitrogens with zero attached hydrogens (tertiary/aromatic N) is 4. The lowest BCUT2D eigenvalue weighted by Crippen LogP contribution is -2.43. The summed E-state index contributed by atoms with van der Waals surface area (Å²) in [7, 11) is 2.83. The molecule has 0 aliphatic rings. The second kappa shape index (κ2) is 20.4. The number of allylic oxidation sites excluding steroid dienone is 2. The first-order valence-corrected chi connectivity index (χ1v) is 16.3. The summed E-state index contributed by atoms with van der Waals surface area (Å²) < 4.78 is 59.7. The second-order valence-corrected chi connectivity index (χ2v) is 11.4. The molecule has 0 saturated heterocycles. The van der Waals surface area contributed by atoms with Gasteiger partial charge in [0.15, 0.2) is 5.82 Å². The zero-order chi connectivity index (χ0) is 32.4. The van der Waals surface area contributed by atoms with Crippen LogP contribution in [0.15, 0.2) is 36.9 Å². The Kier molecular flexibility index (Phi) is 17.5. The van der Waals surface area contributed by atoms with Gasteiger partial charge in [-0.05, 0) is 37.9 Å².